The summed E-state index contributed by atoms with van der Waals surface area (Å²) >= 11 is 3.44. The molecule has 1 aliphatic heterocycles. The molecule has 3 heteroatoms. The van der Waals surface area contributed by atoms with Crippen LogP contribution < -0.4 is 0 Å². The van der Waals surface area contributed by atoms with Crippen LogP contribution in [0.4, 0.5) is 0 Å². The van der Waals surface area contributed by atoms with Crippen molar-refractivity contribution in [1.29, 1.82) is 0 Å². The third-order valence-electron chi connectivity index (χ3n) is 1.32. The number of nitrogens with zero attached hydrogens (tertiary/aromatic N) is 2. The van der Waals surface area contributed by atoms with Crippen molar-refractivity contribution in [3.8, 4) is 0 Å². The van der Waals surface area contributed by atoms with Gasteiger partial charge in [-0.05, 0) is 6.08 Å². The van der Waals surface area contributed by atoms with Crippen LogP contribution in [-0.2, 0) is 0 Å². The number of likely N-dealkylation sites (N-methyl/N-ethyl adjacent to an activating group) is 1. The minimum atomic E-state index is 0.382. The van der Waals surface area contributed by atoms with Gasteiger partial charge < -0.3 is 5.01 Å². The van der Waals surface area contributed by atoms with E-state index in [-0.39, 0.29) is 0 Å². The van der Waals surface area contributed by atoms with E-state index in [1.807, 2.05) is 25.3 Å². The first-order chi connectivity index (χ1) is 3.72. The van der Waals surface area contributed by atoms with Gasteiger partial charge in [-0.3, -0.25) is 0 Å². The van der Waals surface area contributed by atoms with Gasteiger partial charge in [0.05, 0.1) is 0 Å². The quantitative estimate of drug-likeness (QED) is 0.402. The molecule has 1 heterocycles. The van der Waals surface area contributed by atoms with Gasteiger partial charge >= 0.3 is 0 Å². The zero-order chi connectivity index (χ0) is 6.15. The summed E-state index contributed by atoms with van der Waals surface area (Å²) in [5.41, 5.74) is 0. The van der Waals surface area contributed by atoms with E-state index >= 15 is 0 Å². The van der Waals surface area contributed by atoms with Crippen molar-refractivity contribution in [2.45, 2.75) is 4.95 Å². The molecule has 1 unspecified atom stereocenters. The molecule has 1 rings (SSSR count). The van der Waals surface area contributed by atoms with Gasteiger partial charge in [0.25, 0.3) is 0 Å². The van der Waals surface area contributed by atoms with Gasteiger partial charge in [0.2, 0.25) is 0 Å². The molecule has 0 amide bonds. The third kappa shape index (κ3) is 0.880. The molecule has 0 saturated heterocycles. The topological polar surface area (TPSA) is 6.48 Å². The van der Waals surface area contributed by atoms with Crippen LogP contribution in [0.3, 0.4) is 0 Å². The van der Waals surface area contributed by atoms with Crippen molar-refractivity contribution in [2.75, 3.05) is 14.1 Å². The molecule has 0 aromatic heterocycles. The Balaban J connectivity index is 2.55. The molecular formula is C5H9BrN2. The van der Waals surface area contributed by atoms with Crippen molar-refractivity contribution in [2.24, 2.45) is 0 Å². The van der Waals surface area contributed by atoms with Gasteiger partial charge in [-0.15, -0.1) is 0 Å². The highest BCUT2D eigenvalue weighted by Gasteiger charge is 2.14. The zero-order valence-corrected chi connectivity index (χ0v) is 6.59. The Morgan fingerprint density at radius 2 is 2.12 bits per heavy atom. The summed E-state index contributed by atoms with van der Waals surface area (Å²) in [6.07, 6.45) is 4.11. The van der Waals surface area contributed by atoms with Crippen molar-refractivity contribution < 1.29 is 0 Å². The Kier molecular flexibility index (Phi) is 1.58. The van der Waals surface area contributed by atoms with Crippen molar-refractivity contribution in [3.63, 3.8) is 0 Å². The highest BCUT2D eigenvalue weighted by Crippen LogP contribution is 2.14. The van der Waals surface area contributed by atoms with E-state index in [9.17, 15) is 0 Å². The molecule has 0 spiro atoms. The second kappa shape index (κ2) is 2.07. The molecule has 1 aliphatic rings. The van der Waals surface area contributed by atoms with Crippen LogP contribution in [0.5, 0.6) is 0 Å². The maximum Gasteiger partial charge on any atom is 0.104 e. The second-order valence-corrected chi connectivity index (χ2v) is 2.80. The average Bonchev–Trinajstić information content (AvgIpc) is 1.98. The summed E-state index contributed by atoms with van der Waals surface area (Å²) in [6.45, 7) is 0. The van der Waals surface area contributed by atoms with Gasteiger partial charge in [-0.1, -0.05) is 15.9 Å². The fourth-order valence-electron chi connectivity index (χ4n) is 0.599. The van der Waals surface area contributed by atoms with Gasteiger partial charge in [0.1, 0.15) is 4.95 Å². The molecule has 1 atom stereocenters. The Morgan fingerprint density at radius 1 is 1.50 bits per heavy atom. The molecule has 0 bridgehead atoms. The summed E-state index contributed by atoms with van der Waals surface area (Å²) < 4.78 is 0. The number of hydrogen-bond acceptors (Lipinski definition) is 2. The van der Waals surface area contributed by atoms with Crippen LogP contribution in [0.2, 0.25) is 0 Å². The second-order valence-electron chi connectivity index (χ2n) is 1.86. The minimum absolute atomic E-state index is 0.382. The number of rotatable bonds is 0. The predicted octanol–water partition coefficient (Wildman–Crippen LogP) is 1.01. The SMILES string of the molecule is CN1C=CC(Br)N1C. The summed E-state index contributed by atoms with van der Waals surface area (Å²) in [7, 11) is 4.04. The lowest BCUT2D eigenvalue weighted by molar-refractivity contribution is 0.107. The average molecular weight is 177 g/mol. The Labute approximate surface area is 57.9 Å². The summed E-state index contributed by atoms with van der Waals surface area (Å²) in [5.74, 6) is 0. The van der Waals surface area contributed by atoms with Crippen LogP contribution in [0.1, 0.15) is 0 Å². The number of hydrazine groups is 1. The Morgan fingerprint density at radius 3 is 2.25 bits per heavy atom. The molecule has 2 nitrogen and oxygen atoms in total. The highest BCUT2D eigenvalue weighted by molar-refractivity contribution is 9.09. The van der Waals surface area contributed by atoms with E-state index < -0.39 is 0 Å². The molecule has 0 aliphatic carbocycles. The molecule has 0 aromatic rings. The zero-order valence-electron chi connectivity index (χ0n) is 5.00. The van der Waals surface area contributed by atoms with E-state index in [0.717, 1.165) is 0 Å². The highest BCUT2D eigenvalue weighted by atomic mass is 79.9. The van der Waals surface area contributed by atoms with Crippen LogP contribution in [0.25, 0.3) is 0 Å². The lowest BCUT2D eigenvalue weighted by Gasteiger charge is -2.22. The molecule has 0 aromatic carbocycles. The van der Waals surface area contributed by atoms with E-state index in [1.54, 1.807) is 0 Å². The van der Waals surface area contributed by atoms with Crippen molar-refractivity contribution in [1.82, 2.24) is 10.0 Å². The maximum atomic E-state index is 3.44. The molecule has 0 N–H and O–H groups in total. The minimum Gasteiger partial charge on any atom is -0.315 e. The first kappa shape index (κ1) is 6.11. The fourth-order valence-corrected chi connectivity index (χ4v) is 1.02. The van der Waals surface area contributed by atoms with Gasteiger partial charge in [0.15, 0.2) is 0 Å². The summed E-state index contributed by atoms with van der Waals surface area (Å²) in [6, 6.07) is 0. The molecular weight excluding hydrogens is 168 g/mol. The monoisotopic (exact) mass is 176 g/mol. The predicted molar refractivity (Wildman–Crippen MR) is 37.4 cm³/mol. The normalized spacial score (nSPS) is 29.9. The standard InChI is InChI=1S/C5H9BrN2/c1-7-4-3-5(6)8(7)2/h3-5H,1-2H3. The lowest BCUT2D eigenvalue weighted by Crippen LogP contribution is -2.31. The van der Waals surface area contributed by atoms with Gasteiger partial charge in [-0.25, -0.2) is 5.01 Å². The largest absolute Gasteiger partial charge is 0.315 e. The third-order valence-corrected chi connectivity index (χ3v) is 2.21. The molecule has 0 radical (unpaired) electrons. The Hall–Kier alpha value is -0.0200. The van der Waals surface area contributed by atoms with Crippen LogP contribution in [0.15, 0.2) is 12.3 Å². The van der Waals surface area contributed by atoms with Crippen molar-refractivity contribution >= 4 is 15.9 Å². The van der Waals surface area contributed by atoms with Crippen LogP contribution in [-0.4, -0.2) is 29.1 Å². The van der Waals surface area contributed by atoms with Gasteiger partial charge in [0, 0.05) is 20.3 Å². The number of halogens is 1. The van der Waals surface area contributed by atoms with Crippen molar-refractivity contribution in [3.05, 3.63) is 12.3 Å². The first-order valence-electron chi connectivity index (χ1n) is 2.50. The van der Waals surface area contributed by atoms with Crippen LogP contribution >= 0.6 is 15.9 Å². The molecule has 8 heavy (non-hydrogen) atoms. The van der Waals surface area contributed by atoms with E-state index in [4.69, 9.17) is 0 Å². The van der Waals surface area contributed by atoms with E-state index in [2.05, 4.69) is 27.0 Å². The van der Waals surface area contributed by atoms with Gasteiger partial charge in [-0.2, -0.15) is 0 Å². The molecule has 46 valence electrons. The smallest absolute Gasteiger partial charge is 0.104 e. The summed E-state index contributed by atoms with van der Waals surface area (Å²) in [5, 5.41) is 4.11. The first-order valence-corrected chi connectivity index (χ1v) is 3.41. The van der Waals surface area contributed by atoms with E-state index in [0.29, 0.717) is 4.95 Å². The molecule has 0 saturated carbocycles. The Bertz CT molecular complexity index is 101. The maximum absolute atomic E-state index is 3.44. The number of alkyl halides is 1. The van der Waals surface area contributed by atoms with E-state index in [1.165, 1.54) is 0 Å². The number of hydrogen-bond donors (Lipinski definition) is 0. The fraction of sp³-hybridized carbons (Fsp3) is 0.600. The lowest BCUT2D eigenvalue weighted by atomic mass is 10.6. The summed E-state index contributed by atoms with van der Waals surface area (Å²) in [4.78, 5) is 0.382. The van der Waals surface area contributed by atoms with Crippen LogP contribution in [0, 0.1) is 0 Å². The molecule has 0 fully saturated rings.